The third-order valence-electron chi connectivity index (χ3n) is 11.6. The second kappa shape index (κ2) is 34.8. The van der Waals surface area contributed by atoms with Gasteiger partial charge in [0.05, 0.1) is 0 Å². The summed E-state index contributed by atoms with van der Waals surface area (Å²) in [7, 11) is 0. The molecule has 0 radical (unpaired) electrons. The predicted octanol–water partition coefficient (Wildman–Crippen LogP) is 18.9. The van der Waals surface area contributed by atoms with Gasteiger partial charge >= 0.3 is 155 Å². The number of hydrogen-bond donors (Lipinski definition) is 0. The Balaban J connectivity index is 0.000000428. The van der Waals surface area contributed by atoms with E-state index in [0.717, 1.165) is 73.9 Å². The fourth-order valence-electron chi connectivity index (χ4n) is 7.97. The fraction of sp³-hybridized carbons (Fsp3) is 0.704. The molecule has 57 heavy (non-hydrogen) atoms. The van der Waals surface area contributed by atoms with Crippen molar-refractivity contribution in [2.24, 2.45) is 0 Å². The number of hydrogen-bond acceptors (Lipinski definition) is 0. The van der Waals surface area contributed by atoms with Crippen molar-refractivity contribution < 1.29 is 19.1 Å². The van der Waals surface area contributed by atoms with Gasteiger partial charge in [0.1, 0.15) is 0 Å². The van der Waals surface area contributed by atoms with Crippen molar-refractivity contribution in [3.05, 3.63) is 87.5 Å². The van der Waals surface area contributed by atoms with Crippen LogP contribution in [0.15, 0.2) is 59.7 Å². The molecule has 0 aromatic heterocycles. The molecule has 1 aliphatic rings. The molecule has 0 N–H and O–H groups in total. The van der Waals surface area contributed by atoms with Crippen LogP contribution in [0.3, 0.4) is 0 Å². The number of rotatable bonds is 34. The molecule has 0 bridgehead atoms. The molecule has 0 fully saturated rings. The van der Waals surface area contributed by atoms with Crippen LogP contribution in [0.5, 0.6) is 0 Å². The molecule has 1 aliphatic heterocycles. The van der Waals surface area contributed by atoms with E-state index in [1.165, 1.54) is 179 Å². The van der Waals surface area contributed by atoms with Gasteiger partial charge in [-0.2, -0.15) is 0 Å². The SMILES string of the molecule is CCCCC1=C(c2ccc(CCCC)cc2)[N+](=[N-])C(c2cccc(CCCC)c2)=C1CCCC.CCCCCCCCCC[CH2][Ni][CH2]CCCCCCCCCC. The van der Waals surface area contributed by atoms with Crippen LogP contribution in [-0.4, -0.2) is 4.70 Å². The molecule has 1 heterocycles. The summed E-state index contributed by atoms with van der Waals surface area (Å²) >= 11 is 2.03. The molecule has 0 amide bonds. The summed E-state index contributed by atoms with van der Waals surface area (Å²) in [5.74, 6) is 0. The summed E-state index contributed by atoms with van der Waals surface area (Å²) in [6.45, 7) is 13.6. The van der Waals surface area contributed by atoms with Gasteiger partial charge < -0.3 is 5.53 Å². The van der Waals surface area contributed by atoms with Crippen molar-refractivity contribution in [2.45, 2.75) is 245 Å². The maximum atomic E-state index is 11.7. The van der Waals surface area contributed by atoms with E-state index >= 15 is 0 Å². The Morgan fingerprint density at radius 2 is 0.772 bits per heavy atom. The van der Waals surface area contributed by atoms with Crippen molar-refractivity contribution in [3.8, 4) is 0 Å². The maximum absolute atomic E-state index is 11.7. The van der Waals surface area contributed by atoms with Crippen LogP contribution in [0.25, 0.3) is 16.9 Å². The van der Waals surface area contributed by atoms with E-state index in [0.29, 0.717) is 0 Å². The summed E-state index contributed by atoms with van der Waals surface area (Å²) in [6.07, 6.45) is 39.9. The first-order valence-corrected chi connectivity index (χ1v) is 26.0. The van der Waals surface area contributed by atoms with Crippen molar-refractivity contribution in [1.82, 2.24) is 0 Å². The van der Waals surface area contributed by atoms with E-state index in [2.05, 4.69) is 90.1 Å². The zero-order valence-corrected chi connectivity index (χ0v) is 39.4. The molecule has 0 unspecified atom stereocenters. The minimum atomic E-state index is 0.996. The van der Waals surface area contributed by atoms with Crippen LogP contribution in [0.4, 0.5) is 0 Å². The standard InChI is InChI=1S/C32H44N2.2C11H23.Ni/c1-5-9-14-25-20-22-27(23-21-25)31-29(18-11-7-3)30(19-12-8-4)32(34(31)33)28-17-13-16-26(24-28)15-10-6-2;2*1-3-5-7-9-11-10-8-6-4-2;/h13,16-17,20-24H,5-12,14-15,18-19H2,1-4H3;2*1,3-11H2,2H3;. The van der Waals surface area contributed by atoms with Crippen LogP contribution in [0.1, 0.15) is 244 Å². The molecule has 3 heteroatoms. The first-order chi connectivity index (χ1) is 28.1. The third-order valence-corrected chi connectivity index (χ3v) is 13.0. The van der Waals surface area contributed by atoms with E-state index < -0.39 is 0 Å². The first kappa shape index (κ1) is 51.2. The van der Waals surface area contributed by atoms with E-state index in [9.17, 15) is 5.53 Å². The fourth-order valence-corrected chi connectivity index (χ4v) is 9.21. The van der Waals surface area contributed by atoms with Gasteiger partial charge in [0, 0.05) is 22.3 Å². The summed E-state index contributed by atoms with van der Waals surface area (Å²) < 4.78 is 1.52. The Morgan fingerprint density at radius 1 is 0.386 bits per heavy atom. The van der Waals surface area contributed by atoms with E-state index in [-0.39, 0.29) is 0 Å². The first-order valence-electron chi connectivity index (χ1n) is 24.6. The van der Waals surface area contributed by atoms with E-state index in [1.807, 2.05) is 14.4 Å². The Morgan fingerprint density at radius 3 is 1.23 bits per heavy atom. The zero-order chi connectivity index (χ0) is 41.2. The van der Waals surface area contributed by atoms with Crippen LogP contribution < -0.4 is 0 Å². The number of unbranched alkanes of at least 4 members (excludes halogenated alkanes) is 20. The Bertz CT molecular complexity index is 1330. The summed E-state index contributed by atoms with van der Waals surface area (Å²) in [5, 5.41) is 2.86. The molecule has 0 spiro atoms. The molecule has 0 aliphatic carbocycles. The second-order valence-electron chi connectivity index (χ2n) is 16.9. The van der Waals surface area contributed by atoms with Crippen LogP contribution in [0, 0.1) is 0 Å². The molecule has 2 aromatic carbocycles. The van der Waals surface area contributed by atoms with Crippen LogP contribution >= 0.6 is 0 Å². The number of nitrogens with zero attached hydrogens (tertiary/aromatic N) is 2. The normalized spacial score (nSPS) is 12.9. The van der Waals surface area contributed by atoms with Gasteiger partial charge in [-0.3, -0.25) is 0 Å². The van der Waals surface area contributed by atoms with Gasteiger partial charge in [0.15, 0.2) is 0 Å². The summed E-state index contributed by atoms with van der Waals surface area (Å²) in [6, 6.07) is 17.8. The van der Waals surface area contributed by atoms with E-state index in [1.54, 1.807) is 0 Å². The summed E-state index contributed by atoms with van der Waals surface area (Å²) in [5.41, 5.74) is 21.4. The molecular formula is C54H90N2Ni. The van der Waals surface area contributed by atoms with Gasteiger partial charge in [0.25, 0.3) is 0 Å². The molecule has 2 nitrogen and oxygen atoms in total. The molecule has 0 atom stereocenters. The van der Waals surface area contributed by atoms with Gasteiger partial charge in [-0.25, -0.2) is 4.70 Å². The average Bonchev–Trinajstić information content (AvgIpc) is 3.51. The molecule has 2 aromatic rings. The number of aryl methyl sites for hydroxylation is 2. The topological polar surface area (TPSA) is 25.3 Å². The second-order valence-corrected chi connectivity index (χ2v) is 18.4. The quantitative estimate of drug-likeness (QED) is 0.0382. The summed E-state index contributed by atoms with van der Waals surface area (Å²) in [4.78, 5) is 0. The third kappa shape index (κ3) is 21.7. The Labute approximate surface area is 361 Å². The van der Waals surface area contributed by atoms with Crippen molar-refractivity contribution in [3.63, 3.8) is 0 Å². The van der Waals surface area contributed by atoms with Crippen LogP contribution in [-0.2, 0) is 27.3 Å². The Hall–Kier alpha value is -1.99. The van der Waals surface area contributed by atoms with E-state index in [4.69, 9.17) is 0 Å². The van der Waals surface area contributed by atoms with Crippen molar-refractivity contribution >= 4 is 11.4 Å². The van der Waals surface area contributed by atoms with Gasteiger partial charge in [-0.05, 0) is 86.8 Å². The number of allylic oxidation sites excluding steroid dienone is 2. The Kier molecular flexibility index (Phi) is 31.3. The van der Waals surface area contributed by atoms with Crippen molar-refractivity contribution in [1.29, 1.82) is 0 Å². The van der Waals surface area contributed by atoms with Gasteiger partial charge in [-0.15, -0.1) is 0 Å². The average molecular weight is 826 g/mol. The molecule has 0 saturated carbocycles. The molecule has 0 saturated heterocycles. The zero-order valence-electron chi connectivity index (χ0n) is 38.5. The van der Waals surface area contributed by atoms with Crippen molar-refractivity contribution in [2.75, 3.05) is 0 Å². The molecular weight excluding hydrogens is 735 g/mol. The monoisotopic (exact) mass is 825 g/mol. The molecule has 326 valence electrons. The van der Waals surface area contributed by atoms with Gasteiger partial charge in [0.2, 0.25) is 11.4 Å². The minimum absolute atomic E-state index is 0.996. The van der Waals surface area contributed by atoms with Crippen LogP contribution in [0.2, 0.25) is 10.8 Å². The molecule has 3 rings (SSSR count). The predicted molar refractivity (Wildman–Crippen MR) is 251 cm³/mol. The number of benzene rings is 2. The van der Waals surface area contributed by atoms with Gasteiger partial charge in [-0.1, -0.05) is 77.6 Å².